The molecule has 4 rings (SSSR count). The van der Waals surface area contributed by atoms with E-state index in [9.17, 15) is 22.4 Å². The van der Waals surface area contributed by atoms with Crippen molar-refractivity contribution in [3.05, 3.63) is 66.1 Å². The van der Waals surface area contributed by atoms with E-state index in [1.165, 1.54) is 30.6 Å². The van der Waals surface area contributed by atoms with E-state index in [2.05, 4.69) is 19.9 Å². The second-order valence-electron chi connectivity index (χ2n) is 7.51. The summed E-state index contributed by atoms with van der Waals surface area (Å²) in [4.78, 5) is 30.1. The third kappa shape index (κ3) is 4.76. The number of likely N-dealkylation sites (tertiary alicyclic amines) is 1. The Balaban J connectivity index is 1.56. The maximum absolute atomic E-state index is 14.7. The minimum Gasteiger partial charge on any atom is -0.471 e. The van der Waals surface area contributed by atoms with Crippen LogP contribution in [0.2, 0.25) is 0 Å². The summed E-state index contributed by atoms with van der Waals surface area (Å²) in [6.45, 7) is 2.17. The first-order chi connectivity index (χ1) is 15.8. The minimum absolute atomic E-state index is 0.00643. The van der Waals surface area contributed by atoms with Gasteiger partial charge in [0.05, 0.1) is 29.6 Å². The van der Waals surface area contributed by atoms with Crippen molar-refractivity contribution in [2.45, 2.75) is 38.1 Å². The van der Waals surface area contributed by atoms with Crippen molar-refractivity contribution in [1.29, 1.82) is 0 Å². The highest BCUT2D eigenvalue weighted by Gasteiger charge is 2.36. The number of amides is 1. The van der Waals surface area contributed by atoms with E-state index in [1.54, 1.807) is 17.9 Å². The van der Waals surface area contributed by atoms with Gasteiger partial charge < -0.3 is 9.64 Å². The predicted octanol–water partition coefficient (Wildman–Crippen LogP) is 4.16. The van der Waals surface area contributed by atoms with Crippen LogP contribution in [-0.4, -0.2) is 49.4 Å². The van der Waals surface area contributed by atoms with Crippen LogP contribution in [0.1, 0.15) is 35.8 Å². The van der Waals surface area contributed by atoms with Crippen LogP contribution < -0.4 is 4.74 Å². The average Bonchev–Trinajstić information content (AvgIpc) is 2.80. The summed E-state index contributed by atoms with van der Waals surface area (Å²) in [5.41, 5.74) is -1.000. The highest BCUT2D eigenvalue weighted by atomic mass is 19.4. The van der Waals surface area contributed by atoms with Gasteiger partial charge in [-0.05, 0) is 38.0 Å². The first-order valence-corrected chi connectivity index (χ1v) is 10.2. The first kappa shape index (κ1) is 22.6. The Bertz CT molecular complexity index is 1130. The minimum atomic E-state index is -4.60. The summed E-state index contributed by atoms with van der Waals surface area (Å²) >= 11 is 0. The summed E-state index contributed by atoms with van der Waals surface area (Å²) < 4.78 is 58.5. The van der Waals surface area contributed by atoms with Crippen molar-refractivity contribution in [3.8, 4) is 17.3 Å². The topological polar surface area (TPSA) is 81.1 Å². The van der Waals surface area contributed by atoms with Gasteiger partial charge >= 0.3 is 6.18 Å². The average molecular weight is 461 g/mol. The van der Waals surface area contributed by atoms with Gasteiger partial charge in [0.1, 0.15) is 11.9 Å². The van der Waals surface area contributed by atoms with Crippen LogP contribution in [0, 0.1) is 5.82 Å². The zero-order valence-electron chi connectivity index (χ0n) is 17.5. The maximum Gasteiger partial charge on any atom is 0.434 e. The summed E-state index contributed by atoms with van der Waals surface area (Å²) in [6.07, 6.45) is 0.449. The molecule has 1 amide bonds. The fraction of sp³-hybridized carbons (Fsp3) is 0.318. The summed E-state index contributed by atoms with van der Waals surface area (Å²) in [5, 5.41) is 0. The number of ether oxygens (including phenoxy) is 1. The molecule has 1 aliphatic heterocycles. The quantitative estimate of drug-likeness (QED) is 0.543. The van der Waals surface area contributed by atoms with E-state index < -0.39 is 35.7 Å². The molecule has 2 unspecified atom stereocenters. The molecule has 0 N–H and O–H groups in total. The Kier molecular flexibility index (Phi) is 6.21. The smallest absolute Gasteiger partial charge is 0.434 e. The van der Waals surface area contributed by atoms with E-state index in [0.717, 1.165) is 6.20 Å². The lowest BCUT2D eigenvalue weighted by molar-refractivity contribution is -0.141. The SMILES string of the molecule is CC1C(Oc2cnc(C(F)(F)F)cn2)CCCN1C(=O)c1cccc(F)c1-c1ncccn1. The number of piperidine rings is 1. The fourth-order valence-electron chi connectivity index (χ4n) is 3.74. The molecule has 7 nitrogen and oxygen atoms in total. The molecule has 33 heavy (non-hydrogen) atoms. The van der Waals surface area contributed by atoms with Crippen LogP contribution in [0.3, 0.4) is 0 Å². The lowest BCUT2D eigenvalue weighted by atomic mass is 9.97. The van der Waals surface area contributed by atoms with E-state index >= 15 is 0 Å². The van der Waals surface area contributed by atoms with E-state index in [1.807, 2.05) is 0 Å². The van der Waals surface area contributed by atoms with Crippen LogP contribution >= 0.6 is 0 Å². The first-order valence-electron chi connectivity index (χ1n) is 10.2. The number of hydrogen-bond donors (Lipinski definition) is 0. The number of aromatic nitrogens is 4. The summed E-state index contributed by atoms with van der Waals surface area (Å²) in [7, 11) is 0. The van der Waals surface area contributed by atoms with Gasteiger partial charge in [-0.1, -0.05) is 6.07 Å². The molecule has 0 saturated carbocycles. The molecule has 1 fully saturated rings. The van der Waals surface area contributed by atoms with Crippen molar-refractivity contribution in [3.63, 3.8) is 0 Å². The fourth-order valence-corrected chi connectivity index (χ4v) is 3.74. The van der Waals surface area contributed by atoms with Gasteiger partial charge in [0.25, 0.3) is 5.91 Å². The number of alkyl halides is 3. The van der Waals surface area contributed by atoms with E-state index in [0.29, 0.717) is 25.6 Å². The van der Waals surface area contributed by atoms with Gasteiger partial charge in [0, 0.05) is 18.9 Å². The standard InChI is InChI=1S/C22H19F4N5O2/c1-13-16(33-18-12-29-17(11-30-18)22(24,25)26)7-3-10-31(13)21(32)14-5-2-6-15(23)19(14)20-27-8-4-9-28-20/h2,4-6,8-9,11-13,16H,3,7,10H2,1H3. The van der Waals surface area contributed by atoms with E-state index in [4.69, 9.17) is 4.74 Å². The van der Waals surface area contributed by atoms with E-state index in [-0.39, 0.29) is 22.8 Å². The Hall–Kier alpha value is -3.63. The monoisotopic (exact) mass is 461 g/mol. The summed E-state index contributed by atoms with van der Waals surface area (Å²) in [5.74, 6) is -1.02. The second kappa shape index (κ2) is 9.08. The molecule has 172 valence electrons. The number of halogens is 4. The number of carbonyl (C=O) groups is 1. The Morgan fingerprint density at radius 3 is 2.52 bits per heavy atom. The molecular weight excluding hydrogens is 442 g/mol. The van der Waals surface area contributed by atoms with Gasteiger partial charge in [0.2, 0.25) is 5.88 Å². The van der Waals surface area contributed by atoms with Crippen LogP contribution in [-0.2, 0) is 6.18 Å². The van der Waals surface area contributed by atoms with Crippen molar-refractivity contribution < 1.29 is 27.1 Å². The molecule has 1 aromatic carbocycles. The number of nitrogens with zero attached hydrogens (tertiary/aromatic N) is 5. The molecule has 2 atom stereocenters. The van der Waals surface area contributed by atoms with Gasteiger partial charge in [-0.3, -0.25) is 4.79 Å². The normalized spacial score (nSPS) is 18.8. The predicted molar refractivity (Wildman–Crippen MR) is 109 cm³/mol. The van der Waals surface area contributed by atoms with Crippen molar-refractivity contribution in [2.75, 3.05) is 6.54 Å². The van der Waals surface area contributed by atoms with Gasteiger partial charge in [0.15, 0.2) is 11.5 Å². The van der Waals surface area contributed by atoms with Crippen molar-refractivity contribution >= 4 is 5.91 Å². The van der Waals surface area contributed by atoms with Crippen LogP contribution in [0.15, 0.2) is 49.1 Å². The van der Waals surface area contributed by atoms with Gasteiger partial charge in [-0.25, -0.2) is 24.3 Å². The largest absolute Gasteiger partial charge is 0.471 e. The Morgan fingerprint density at radius 2 is 1.85 bits per heavy atom. The molecule has 3 heterocycles. The van der Waals surface area contributed by atoms with Crippen LogP contribution in [0.5, 0.6) is 5.88 Å². The van der Waals surface area contributed by atoms with Gasteiger partial charge in [-0.15, -0.1) is 0 Å². The van der Waals surface area contributed by atoms with Crippen molar-refractivity contribution in [1.82, 2.24) is 24.8 Å². The third-order valence-corrected chi connectivity index (χ3v) is 5.40. The number of benzene rings is 1. The second-order valence-corrected chi connectivity index (χ2v) is 7.51. The summed E-state index contributed by atoms with van der Waals surface area (Å²) in [6, 6.07) is 5.32. The molecule has 0 bridgehead atoms. The number of hydrogen-bond acceptors (Lipinski definition) is 6. The molecule has 11 heteroatoms. The maximum atomic E-state index is 14.7. The zero-order chi connectivity index (χ0) is 23.6. The lowest BCUT2D eigenvalue weighted by Gasteiger charge is -2.39. The highest BCUT2D eigenvalue weighted by molar-refractivity contribution is 6.00. The molecular formula is C22H19F4N5O2. The molecule has 0 aliphatic carbocycles. The highest BCUT2D eigenvalue weighted by Crippen LogP contribution is 2.30. The van der Waals surface area contributed by atoms with Crippen molar-refractivity contribution in [2.24, 2.45) is 0 Å². The Morgan fingerprint density at radius 1 is 1.09 bits per heavy atom. The number of rotatable bonds is 4. The Labute approximate surface area is 186 Å². The molecule has 3 aromatic rings. The third-order valence-electron chi connectivity index (χ3n) is 5.40. The van der Waals surface area contributed by atoms with Crippen LogP contribution in [0.4, 0.5) is 17.6 Å². The molecule has 1 saturated heterocycles. The molecule has 0 spiro atoms. The zero-order valence-corrected chi connectivity index (χ0v) is 17.5. The van der Waals surface area contributed by atoms with Crippen LogP contribution in [0.25, 0.3) is 11.4 Å². The van der Waals surface area contributed by atoms with Gasteiger partial charge in [-0.2, -0.15) is 13.2 Å². The molecule has 0 radical (unpaired) electrons. The number of carbonyl (C=O) groups excluding carboxylic acids is 1. The lowest BCUT2D eigenvalue weighted by Crippen LogP contribution is -2.51. The molecule has 2 aromatic heterocycles. The molecule has 1 aliphatic rings.